The molecule has 0 radical (unpaired) electrons. The standard InChI is InChI=1S/C22H26N2O2/c1-13-9-15(3)21(16(4)10-13)23-19(25)7-8-20(26)24-22-17(5)11-14(2)12-18(22)6/h7-12H,1-6H3,(H,23,25)(H,24,26)/b8-7-. The molecule has 2 amide bonds. The van der Waals surface area contributed by atoms with E-state index in [-0.39, 0.29) is 11.8 Å². The number of carbonyl (C=O) groups excluding carboxylic acids is 2. The molecule has 0 aliphatic carbocycles. The van der Waals surface area contributed by atoms with Gasteiger partial charge in [0.2, 0.25) is 11.8 Å². The van der Waals surface area contributed by atoms with Gasteiger partial charge in [0.25, 0.3) is 0 Å². The summed E-state index contributed by atoms with van der Waals surface area (Å²) in [5.41, 5.74) is 7.87. The Morgan fingerprint density at radius 2 is 0.885 bits per heavy atom. The van der Waals surface area contributed by atoms with E-state index in [9.17, 15) is 9.59 Å². The van der Waals surface area contributed by atoms with Crippen LogP contribution in [0.25, 0.3) is 0 Å². The Labute approximate surface area is 155 Å². The highest BCUT2D eigenvalue weighted by Gasteiger charge is 2.08. The maximum Gasteiger partial charge on any atom is 0.248 e. The molecular formula is C22H26N2O2. The molecule has 2 aromatic carbocycles. The molecule has 0 atom stereocenters. The molecule has 0 spiro atoms. The summed E-state index contributed by atoms with van der Waals surface area (Å²) in [7, 11) is 0. The Morgan fingerprint density at radius 1 is 0.615 bits per heavy atom. The number of hydrogen-bond acceptors (Lipinski definition) is 2. The molecule has 2 rings (SSSR count). The summed E-state index contributed by atoms with van der Waals surface area (Å²) in [5.74, 6) is -0.653. The molecule has 0 unspecified atom stereocenters. The van der Waals surface area contributed by atoms with E-state index >= 15 is 0 Å². The van der Waals surface area contributed by atoms with E-state index in [0.717, 1.165) is 44.8 Å². The summed E-state index contributed by atoms with van der Waals surface area (Å²) in [4.78, 5) is 24.3. The highest BCUT2D eigenvalue weighted by molar-refractivity contribution is 6.07. The van der Waals surface area contributed by atoms with Gasteiger partial charge in [0, 0.05) is 23.5 Å². The first kappa shape index (κ1) is 19.4. The van der Waals surface area contributed by atoms with Crippen LogP contribution in [0.4, 0.5) is 11.4 Å². The van der Waals surface area contributed by atoms with Crippen LogP contribution in [0.3, 0.4) is 0 Å². The summed E-state index contributed by atoms with van der Waals surface area (Å²) in [6.45, 7) is 11.9. The first-order valence-electron chi connectivity index (χ1n) is 8.63. The molecule has 2 N–H and O–H groups in total. The molecule has 0 aromatic heterocycles. The minimum absolute atomic E-state index is 0.326. The van der Waals surface area contributed by atoms with Crippen LogP contribution in [0.2, 0.25) is 0 Å². The lowest BCUT2D eigenvalue weighted by molar-refractivity contribution is -0.114. The van der Waals surface area contributed by atoms with Gasteiger partial charge in [-0.3, -0.25) is 9.59 Å². The Hall–Kier alpha value is -2.88. The zero-order valence-corrected chi connectivity index (χ0v) is 16.3. The van der Waals surface area contributed by atoms with Crippen LogP contribution in [0.15, 0.2) is 36.4 Å². The monoisotopic (exact) mass is 350 g/mol. The molecule has 0 saturated heterocycles. The first-order valence-corrected chi connectivity index (χ1v) is 8.63. The molecule has 0 heterocycles. The van der Waals surface area contributed by atoms with Crippen molar-refractivity contribution in [3.8, 4) is 0 Å². The number of benzene rings is 2. The zero-order valence-electron chi connectivity index (χ0n) is 16.3. The molecule has 0 aliphatic rings. The number of hydrogen-bond donors (Lipinski definition) is 2. The van der Waals surface area contributed by atoms with Gasteiger partial charge < -0.3 is 10.6 Å². The van der Waals surface area contributed by atoms with Gasteiger partial charge in [-0.25, -0.2) is 0 Å². The smallest absolute Gasteiger partial charge is 0.248 e. The van der Waals surface area contributed by atoms with Gasteiger partial charge in [-0.1, -0.05) is 35.4 Å². The Kier molecular flexibility index (Phi) is 5.98. The van der Waals surface area contributed by atoms with Crippen molar-refractivity contribution in [2.45, 2.75) is 41.5 Å². The van der Waals surface area contributed by atoms with Gasteiger partial charge in [0.1, 0.15) is 0 Å². The predicted octanol–water partition coefficient (Wildman–Crippen LogP) is 4.67. The van der Waals surface area contributed by atoms with Crippen LogP contribution < -0.4 is 10.6 Å². The first-order chi connectivity index (χ1) is 12.2. The number of amides is 2. The fourth-order valence-electron chi connectivity index (χ4n) is 3.24. The second-order valence-electron chi connectivity index (χ2n) is 6.86. The Balaban J connectivity index is 2.06. The van der Waals surface area contributed by atoms with Crippen LogP contribution in [0.5, 0.6) is 0 Å². The number of carbonyl (C=O) groups is 2. The molecular weight excluding hydrogens is 324 g/mol. The topological polar surface area (TPSA) is 58.2 Å². The van der Waals surface area contributed by atoms with Crippen molar-refractivity contribution >= 4 is 23.2 Å². The number of rotatable bonds is 4. The third-order valence-electron chi connectivity index (χ3n) is 4.24. The summed E-state index contributed by atoms with van der Waals surface area (Å²) in [6, 6.07) is 8.06. The van der Waals surface area contributed by atoms with Gasteiger partial charge in [-0.15, -0.1) is 0 Å². The van der Waals surface area contributed by atoms with Crippen molar-refractivity contribution in [3.63, 3.8) is 0 Å². The van der Waals surface area contributed by atoms with Crippen molar-refractivity contribution in [3.05, 3.63) is 69.8 Å². The molecule has 0 bridgehead atoms. The second kappa shape index (κ2) is 8.00. The maximum absolute atomic E-state index is 12.2. The quantitative estimate of drug-likeness (QED) is 0.787. The van der Waals surface area contributed by atoms with Crippen LogP contribution in [0.1, 0.15) is 33.4 Å². The minimum atomic E-state index is -0.326. The summed E-state index contributed by atoms with van der Waals surface area (Å²) in [5, 5.41) is 5.70. The van der Waals surface area contributed by atoms with Crippen molar-refractivity contribution in [1.29, 1.82) is 0 Å². The number of aryl methyl sites for hydroxylation is 6. The third kappa shape index (κ3) is 4.82. The molecule has 2 aromatic rings. The average molecular weight is 350 g/mol. The normalized spacial score (nSPS) is 10.8. The molecule has 4 nitrogen and oxygen atoms in total. The maximum atomic E-state index is 12.2. The number of nitrogens with one attached hydrogen (secondary N) is 2. The molecule has 4 heteroatoms. The summed E-state index contributed by atoms with van der Waals surface area (Å²) < 4.78 is 0. The van der Waals surface area contributed by atoms with Gasteiger partial charge in [-0.2, -0.15) is 0 Å². The van der Waals surface area contributed by atoms with Gasteiger partial charge in [0.15, 0.2) is 0 Å². The number of anilines is 2. The van der Waals surface area contributed by atoms with E-state index in [1.54, 1.807) is 0 Å². The van der Waals surface area contributed by atoms with E-state index < -0.39 is 0 Å². The zero-order chi connectivity index (χ0) is 19.4. The second-order valence-corrected chi connectivity index (χ2v) is 6.86. The van der Waals surface area contributed by atoms with Crippen LogP contribution >= 0.6 is 0 Å². The molecule has 0 fully saturated rings. The third-order valence-corrected chi connectivity index (χ3v) is 4.24. The SMILES string of the molecule is Cc1cc(C)c(NC(=O)/C=C\C(=O)Nc2c(C)cc(C)cc2C)c(C)c1. The molecule has 0 saturated carbocycles. The Bertz CT molecular complexity index is 776. The largest absolute Gasteiger partial charge is 0.322 e. The van der Waals surface area contributed by atoms with Crippen LogP contribution in [0, 0.1) is 41.5 Å². The summed E-state index contributed by atoms with van der Waals surface area (Å²) >= 11 is 0. The minimum Gasteiger partial charge on any atom is -0.322 e. The predicted molar refractivity (Wildman–Crippen MR) is 108 cm³/mol. The van der Waals surface area contributed by atoms with Gasteiger partial charge in [-0.05, 0) is 63.8 Å². The fourth-order valence-corrected chi connectivity index (χ4v) is 3.24. The van der Waals surface area contributed by atoms with Gasteiger partial charge >= 0.3 is 0 Å². The lowest BCUT2D eigenvalue weighted by Crippen LogP contribution is -2.14. The highest BCUT2D eigenvalue weighted by atomic mass is 16.2. The molecule has 26 heavy (non-hydrogen) atoms. The van der Waals surface area contributed by atoms with Crippen molar-refractivity contribution in [2.24, 2.45) is 0 Å². The van der Waals surface area contributed by atoms with E-state index in [2.05, 4.69) is 10.6 Å². The lowest BCUT2D eigenvalue weighted by Gasteiger charge is -2.12. The molecule has 0 aliphatic heterocycles. The fraction of sp³-hybridized carbons (Fsp3) is 0.273. The van der Waals surface area contributed by atoms with E-state index in [0.29, 0.717) is 0 Å². The average Bonchev–Trinajstić information content (AvgIpc) is 2.52. The summed E-state index contributed by atoms with van der Waals surface area (Å²) in [6.07, 6.45) is 2.51. The molecule has 136 valence electrons. The van der Waals surface area contributed by atoms with Crippen LogP contribution in [-0.2, 0) is 9.59 Å². The van der Waals surface area contributed by atoms with E-state index in [1.165, 1.54) is 12.2 Å². The van der Waals surface area contributed by atoms with E-state index in [4.69, 9.17) is 0 Å². The van der Waals surface area contributed by atoms with Crippen molar-refractivity contribution < 1.29 is 9.59 Å². The van der Waals surface area contributed by atoms with Crippen molar-refractivity contribution in [2.75, 3.05) is 10.6 Å². The van der Waals surface area contributed by atoms with Crippen LogP contribution in [-0.4, -0.2) is 11.8 Å². The Morgan fingerprint density at radius 3 is 1.15 bits per heavy atom. The van der Waals surface area contributed by atoms with Gasteiger partial charge in [0.05, 0.1) is 0 Å². The highest BCUT2D eigenvalue weighted by Crippen LogP contribution is 2.23. The van der Waals surface area contributed by atoms with E-state index in [1.807, 2.05) is 65.8 Å². The lowest BCUT2D eigenvalue weighted by atomic mass is 10.0. The van der Waals surface area contributed by atoms with Crippen molar-refractivity contribution in [1.82, 2.24) is 0 Å².